The first kappa shape index (κ1) is 13.4. The maximum atomic E-state index is 6.04. The van der Waals surface area contributed by atoms with Crippen LogP contribution in [0.3, 0.4) is 0 Å². The molecule has 2 N–H and O–H groups in total. The fraction of sp³-hybridized carbons (Fsp3) is 0.167. The summed E-state index contributed by atoms with van der Waals surface area (Å²) in [6, 6.07) is 14.5. The number of hydrogen-bond donors (Lipinski definition) is 1. The van der Waals surface area contributed by atoms with E-state index in [1.165, 1.54) is 11.1 Å². The Morgan fingerprint density at radius 1 is 0.952 bits per heavy atom. The van der Waals surface area contributed by atoms with Gasteiger partial charge < -0.3 is 10.3 Å². The molecule has 0 atom stereocenters. The van der Waals surface area contributed by atoms with Gasteiger partial charge in [-0.05, 0) is 31.9 Å². The van der Waals surface area contributed by atoms with Crippen LogP contribution in [0.15, 0.2) is 47.0 Å². The van der Waals surface area contributed by atoms with Crippen LogP contribution in [0.2, 0.25) is 0 Å². The van der Waals surface area contributed by atoms with E-state index in [0.29, 0.717) is 5.82 Å². The maximum absolute atomic E-state index is 6.04. The molecule has 3 nitrogen and oxygen atoms in total. The van der Waals surface area contributed by atoms with E-state index < -0.39 is 0 Å². The first-order chi connectivity index (χ1) is 10.1. The van der Waals surface area contributed by atoms with E-state index in [0.717, 1.165) is 28.0 Å². The summed E-state index contributed by atoms with van der Waals surface area (Å²) in [7, 11) is 0. The van der Waals surface area contributed by atoms with Crippen LogP contribution in [0.1, 0.15) is 16.7 Å². The van der Waals surface area contributed by atoms with Gasteiger partial charge in [-0.1, -0.05) is 58.7 Å². The predicted molar refractivity (Wildman–Crippen MR) is 86.0 cm³/mol. The number of aryl methyl sites for hydroxylation is 3. The highest BCUT2D eigenvalue weighted by molar-refractivity contribution is 5.87. The Labute approximate surface area is 124 Å². The summed E-state index contributed by atoms with van der Waals surface area (Å²) in [4.78, 5) is 0. The van der Waals surface area contributed by atoms with Crippen LogP contribution in [0.5, 0.6) is 0 Å². The van der Waals surface area contributed by atoms with Gasteiger partial charge in [-0.3, -0.25) is 0 Å². The fourth-order valence-corrected chi connectivity index (χ4v) is 2.63. The number of nitrogens with two attached hydrogens (primary N) is 1. The molecule has 0 unspecified atom stereocenters. The topological polar surface area (TPSA) is 52.0 Å². The smallest absolute Gasteiger partial charge is 0.177 e. The van der Waals surface area contributed by atoms with E-state index in [9.17, 15) is 0 Å². The van der Waals surface area contributed by atoms with Gasteiger partial charge in [-0.15, -0.1) is 0 Å². The third-order valence-corrected chi connectivity index (χ3v) is 3.65. The molecule has 106 valence electrons. The molecule has 1 heterocycles. The number of aromatic nitrogens is 1. The van der Waals surface area contributed by atoms with Crippen molar-refractivity contribution < 1.29 is 4.52 Å². The summed E-state index contributed by atoms with van der Waals surface area (Å²) < 4.78 is 5.52. The number of hydrogen-bond acceptors (Lipinski definition) is 3. The molecule has 0 aliphatic heterocycles. The number of anilines is 1. The van der Waals surface area contributed by atoms with Crippen molar-refractivity contribution >= 4 is 5.82 Å². The van der Waals surface area contributed by atoms with Crippen LogP contribution < -0.4 is 5.73 Å². The quantitative estimate of drug-likeness (QED) is 0.750. The lowest BCUT2D eigenvalue weighted by Crippen LogP contribution is -1.90. The molecule has 0 bridgehead atoms. The van der Waals surface area contributed by atoms with Crippen LogP contribution in [0, 0.1) is 20.8 Å². The van der Waals surface area contributed by atoms with Gasteiger partial charge in [-0.2, -0.15) is 0 Å². The van der Waals surface area contributed by atoms with Crippen LogP contribution in [-0.4, -0.2) is 5.16 Å². The summed E-state index contributed by atoms with van der Waals surface area (Å²) in [5.74, 6) is 1.16. The highest BCUT2D eigenvalue weighted by Gasteiger charge is 2.19. The minimum atomic E-state index is 0.426. The van der Waals surface area contributed by atoms with E-state index in [-0.39, 0.29) is 0 Å². The Morgan fingerprint density at radius 3 is 2.43 bits per heavy atom. The first-order valence-corrected chi connectivity index (χ1v) is 6.96. The van der Waals surface area contributed by atoms with Gasteiger partial charge in [0.2, 0.25) is 0 Å². The van der Waals surface area contributed by atoms with Crippen molar-refractivity contribution in [2.45, 2.75) is 20.8 Å². The standard InChI is InChI=1S/C18H18N2O/c1-11-5-4-6-14(10-11)16-17(21-20-18(16)19)15-8-7-12(2)9-13(15)3/h4-10H,1-3H3,(H2,19,20). The van der Waals surface area contributed by atoms with Crippen molar-refractivity contribution in [3.63, 3.8) is 0 Å². The highest BCUT2D eigenvalue weighted by atomic mass is 16.5. The monoisotopic (exact) mass is 278 g/mol. The molecule has 0 aliphatic carbocycles. The van der Waals surface area contributed by atoms with Gasteiger partial charge in [-0.25, -0.2) is 0 Å². The van der Waals surface area contributed by atoms with Gasteiger partial charge in [0, 0.05) is 5.56 Å². The normalized spacial score (nSPS) is 10.8. The van der Waals surface area contributed by atoms with E-state index in [1.807, 2.05) is 12.1 Å². The number of rotatable bonds is 2. The molecule has 3 aromatic rings. The second-order valence-electron chi connectivity index (χ2n) is 5.46. The molecule has 0 saturated heterocycles. The SMILES string of the molecule is Cc1cccc(-c2c(N)noc2-c2ccc(C)cc2C)c1. The van der Waals surface area contributed by atoms with E-state index in [1.54, 1.807) is 0 Å². The second-order valence-corrected chi connectivity index (χ2v) is 5.46. The van der Waals surface area contributed by atoms with Crippen molar-refractivity contribution in [1.82, 2.24) is 5.16 Å². The third-order valence-electron chi connectivity index (χ3n) is 3.65. The Morgan fingerprint density at radius 2 is 1.71 bits per heavy atom. The molecule has 0 aliphatic rings. The summed E-state index contributed by atoms with van der Waals surface area (Å²) in [6.45, 7) is 6.21. The van der Waals surface area contributed by atoms with Gasteiger partial charge >= 0.3 is 0 Å². The molecular formula is C18H18N2O. The largest absolute Gasteiger partial charge is 0.380 e. The molecule has 0 fully saturated rings. The minimum absolute atomic E-state index is 0.426. The summed E-state index contributed by atoms with van der Waals surface area (Å²) in [5, 5.41) is 3.97. The van der Waals surface area contributed by atoms with E-state index >= 15 is 0 Å². The van der Waals surface area contributed by atoms with Crippen molar-refractivity contribution in [1.29, 1.82) is 0 Å². The van der Waals surface area contributed by atoms with Crippen LogP contribution in [0.25, 0.3) is 22.5 Å². The van der Waals surface area contributed by atoms with Gasteiger partial charge in [0.15, 0.2) is 11.6 Å². The van der Waals surface area contributed by atoms with Crippen molar-refractivity contribution in [3.8, 4) is 22.5 Å². The molecule has 0 spiro atoms. The Bertz CT molecular complexity index is 803. The molecule has 0 amide bonds. The average Bonchev–Trinajstić information content (AvgIpc) is 2.80. The van der Waals surface area contributed by atoms with E-state index in [2.05, 4.69) is 56.3 Å². The number of nitrogen functional groups attached to an aromatic ring is 1. The fourth-order valence-electron chi connectivity index (χ4n) is 2.63. The lowest BCUT2D eigenvalue weighted by molar-refractivity contribution is 0.436. The number of benzene rings is 2. The van der Waals surface area contributed by atoms with Crippen molar-refractivity contribution in [2.75, 3.05) is 5.73 Å². The van der Waals surface area contributed by atoms with E-state index in [4.69, 9.17) is 10.3 Å². The maximum Gasteiger partial charge on any atom is 0.177 e. The van der Waals surface area contributed by atoms with Gasteiger partial charge in [0.25, 0.3) is 0 Å². The lowest BCUT2D eigenvalue weighted by atomic mass is 9.97. The summed E-state index contributed by atoms with van der Waals surface area (Å²) in [5.41, 5.74) is 12.5. The van der Waals surface area contributed by atoms with Gasteiger partial charge in [0.05, 0.1) is 5.56 Å². The summed E-state index contributed by atoms with van der Waals surface area (Å²) in [6.07, 6.45) is 0. The molecule has 21 heavy (non-hydrogen) atoms. The Hall–Kier alpha value is -2.55. The summed E-state index contributed by atoms with van der Waals surface area (Å²) >= 11 is 0. The molecule has 3 heteroatoms. The first-order valence-electron chi connectivity index (χ1n) is 6.96. The second kappa shape index (κ2) is 5.09. The minimum Gasteiger partial charge on any atom is -0.380 e. The average molecular weight is 278 g/mol. The molecule has 0 radical (unpaired) electrons. The van der Waals surface area contributed by atoms with Crippen LogP contribution >= 0.6 is 0 Å². The Kier molecular flexibility index (Phi) is 3.26. The molecule has 0 saturated carbocycles. The third kappa shape index (κ3) is 2.42. The Balaban J connectivity index is 2.22. The van der Waals surface area contributed by atoms with Crippen LogP contribution in [-0.2, 0) is 0 Å². The zero-order chi connectivity index (χ0) is 15.0. The van der Waals surface area contributed by atoms with Crippen molar-refractivity contribution in [2.24, 2.45) is 0 Å². The molecule has 2 aromatic carbocycles. The van der Waals surface area contributed by atoms with Crippen LogP contribution in [0.4, 0.5) is 5.82 Å². The number of nitrogens with zero attached hydrogens (tertiary/aromatic N) is 1. The molecule has 1 aromatic heterocycles. The zero-order valence-electron chi connectivity index (χ0n) is 12.5. The predicted octanol–water partition coefficient (Wildman–Crippen LogP) is 4.52. The molecular weight excluding hydrogens is 260 g/mol. The zero-order valence-corrected chi connectivity index (χ0v) is 12.5. The lowest BCUT2D eigenvalue weighted by Gasteiger charge is -2.07. The van der Waals surface area contributed by atoms with Crippen molar-refractivity contribution in [3.05, 3.63) is 59.2 Å². The van der Waals surface area contributed by atoms with Gasteiger partial charge in [0.1, 0.15) is 0 Å². The molecule has 3 rings (SSSR count). The highest BCUT2D eigenvalue weighted by Crippen LogP contribution is 2.38.